The van der Waals surface area contributed by atoms with E-state index in [-0.39, 0.29) is 5.92 Å². The normalized spacial score (nSPS) is 15.5. The molecule has 0 aromatic heterocycles. The second-order valence-corrected chi connectivity index (χ2v) is 7.12. The van der Waals surface area contributed by atoms with Crippen molar-refractivity contribution in [2.24, 2.45) is 0 Å². The number of unbranched alkanes of at least 4 members (excludes halogenated alkanes) is 4. The lowest BCUT2D eigenvalue weighted by Gasteiger charge is -2.21. The van der Waals surface area contributed by atoms with Crippen LogP contribution in [0.1, 0.15) is 79.7 Å². The van der Waals surface area contributed by atoms with Crippen molar-refractivity contribution in [2.45, 2.75) is 64.7 Å². The molecule has 1 aliphatic carbocycles. The van der Waals surface area contributed by atoms with Crippen molar-refractivity contribution in [3.05, 3.63) is 70.3 Å². The number of benzene rings is 2. The van der Waals surface area contributed by atoms with Gasteiger partial charge in [-0.25, -0.2) is 0 Å². The molecule has 3 rings (SSSR count). The Balaban J connectivity index is 1.92. The van der Waals surface area contributed by atoms with E-state index in [9.17, 15) is 5.11 Å². The fourth-order valence-corrected chi connectivity index (χ4v) is 4.08. The average Bonchev–Trinajstić information content (AvgIpc) is 3.05. The van der Waals surface area contributed by atoms with Crippen LogP contribution in [0, 0.1) is 0 Å². The molecule has 1 N–H and O–H groups in total. The first-order valence-electron chi connectivity index (χ1n) is 9.87. The van der Waals surface area contributed by atoms with E-state index in [0.717, 1.165) is 18.4 Å². The van der Waals surface area contributed by atoms with Gasteiger partial charge in [-0.3, -0.25) is 0 Å². The van der Waals surface area contributed by atoms with Gasteiger partial charge in [-0.05, 0) is 47.6 Å². The van der Waals surface area contributed by atoms with E-state index in [2.05, 4.69) is 56.3 Å². The lowest BCUT2D eigenvalue weighted by atomic mass is 9.84. The molecule has 2 aromatic rings. The molecule has 25 heavy (non-hydrogen) atoms. The number of aromatic hydroxyl groups is 1. The van der Waals surface area contributed by atoms with Crippen LogP contribution in [0.4, 0.5) is 0 Å². The number of phenols is 1. The van der Waals surface area contributed by atoms with Gasteiger partial charge in [0, 0.05) is 11.5 Å². The fourth-order valence-electron chi connectivity index (χ4n) is 4.08. The Morgan fingerprint density at radius 1 is 0.920 bits per heavy atom. The van der Waals surface area contributed by atoms with Gasteiger partial charge in [-0.1, -0.05) is 82.0 Å². The average molecular weight is 335 g/mol. The summed E-state index contributed by atoms with van der Waals surface area (Å²) in [5.41, 5.74) is 6.50. The number of hydrogen-bond acceptors (Lipinski definition) is 1. The van der Waals surface area contributed by atoms with Gasteiger partial charge in [0.05, 0.1) is 0 Å². The smallest absolute Gasteiger partial charge is 0.120 e. The van der Waals surface area contributed by atoms with Gasteiger partial charge in [0.25, 0.3) is 0 Å². The van der Waals surface area contributed by atoms with Crippen LogP contribution < -0.4 is 0 Å². The number of allylic oxidation sites excluding steroid dienone is 1. The summed E-state index contributed by atoms with van der Waals surface area (Å²) in [5.74, 6) is 0.639. The summed E-state index contributed by atoms with van der Waals surface area (Å²) in [6.07, 6.45) is 13.0. The molecule has 1 atom stereocenters. The molecule has 0 fully saturated rings. The minimum absolute atomic E-state index is 0.188. The van der Waals surface area contributed by atoms with E-state index in [1.807, 2.05) is 6.07 Å². The molecule has 1 heteroatoms. The molecular weight excluding hydrogens is 304 g/mol. The summed E-state index contributed by atoms with van der Waals surface area (Å²) in [7, 11) is 0. The maximum absolute atomic E-state index is 10.7. The van der Waals surface area contributed by atoms with Crippen molar-refractivity contribution in [2.75, 3.05) is 0 Å². The molecule has 0 aliphatic heterocycles. The van der Waals surface area contributed by atoms with Crippen LogP contribution in [0.25, 0.3) is 6.08 Å². The molecule has 0 amide bonds. The first-order valence-corrected chi connectivity index (χ1v) is 9.87. The monoisotopic (exact) mass is 334 g/mol. The van der Waals surface area contributed by atoms with Gasteiger partial charge in [-0.2, -0.15) is 0 Å². The van der Waals surface area contributed by atoms with E-state index in [0.29, 0.717) is 5.75 Å². The van der Waals surface area contributed by atoms with Gasteiger partial charge >= 0.3 is 0 Å². The van der Waals surface area contributed by atoms with Crippen molar-refractivity contribution >= 4 is 6.08 Å². The largest absolute Gasteiger partial charge is 0.508 e. The van der Waals surface area contributed by atoms with Crippen LogP contribution in [0.5, 0.6) is 5.75 Å². The van der Waals surface area contributed by atoms with E-state index in [1.54, 1.807) is 0 Å². The van der Waals surface area contributed by atoms with Gasteiger partial charge < -0.3 is 5.11 Å². The lowest BCUT2D eigenvalue weighted by molar-refractivity contribution is 0.465. The minimum Gasteiger partial charge on any atom is -0.508 e. The number of phenolic OH excluding ortho intramolecular Hbond substituents is 1. The van der Waals surface area contributed by atoms with E-state index in [1.165, 1.54) is 54.4 Å². The number of fused-ring (bicyclic) bond motifs is 1. The van der Waals surface area contributed by atoms with Crippen LogP contribution >= 0.6 is 0 Å². The van der Waals surface area contributed by atoms with Crippen LogP contribution in [-0.4, -0.2) is 5.11 Å². The third-order valence-electron chi connectivity index (χ3n) is 5.45. The van der Waals surface area contributed by atoms with Crippen LogP contribution in [-0.2, 0) is 12.8 Å². The number of hydrogen-bond donors (Lipinski definition) is 1. The van der Waals surface area contributed by atoms with Gasteiger partial charge in [0.2, 0.25) is 0 Å². The Morgan fingerprint density at radius 3 is 2.52 bits per heavy atom. The zero-order valence-electron chi connectivity index (χ0n) is 15.6. The van der Waals surface area contributed by atoms with Crippen molar-refractivity contribution in [1.29, 1.82) is 0 Å². The number of rotatable bonds is 8. The van der Waals surface area contributed by atoms with E-state index < -0.39 is 0 Å². The Kier molecular flexibility index (Phi) is 5.96. The molecule has 0 spiro atoms. The van der Waals surface area contributed by atoms with E-state index in [4.69, 9.17) is 0 Å². The Morgan fingerprint density at radius 2 is 1.72 bits per heavy atom. The Hall–Kier alpha value is -2.02. The quantitative estimate of drug-likeness (QED) is 0.537. The highest BCUT2D eigenvalue weighted by Crippen LogP contribution is 2.42. The zero-order valence-corrected chi connectivity index (χ0v) is 15.6. The van der Waals surface area contributed by atoms with Crippen molar-refractivity contribution in [1.82, 2.24) is 0 Å². The molecule has 132 valence electrons. The molecule has 0 saturated heterocycles. The zero-order chi connectivity index (χ0) is 17.6. The van der Waals surface area contributed by atoms with Gasteiger partial charge in [0.15, 0.2) is 0 Å². The summed E-state index contributed by atoms with van der Waals surface area (Å²) >= 11 is 0. The summed E-state index contributed by atoms with van der Waals surface area (Å²) in [6.45, 7) is 4.47. The second-order valence-electron chi connectivity index (χ2n) is 7.12. The third-order valence-corrected chi connectivity index (χ3v) is 5.45. The second kappa shape index (κ2) is 8.38. The van der Waals surface area contributed by atoms with Crippen molar-refractivity contribution < 1.29 is 5.11 Å². The van der Waals surface area contributed by atoms with Gasteiger partial charge in [0.1, 0.15) is 5.75 Å². The Labute approximate surface area is 152 Å². The lowest BCUT2D eigenvalue weighted by Crippen LogP contribution is -2.05. The van der Waals surface area contributed by atoms with E-state index >= 15 is 0 Å². The van der Waals surface area contributed by atoms with Crippen molar-refractivity contribution in [3.63, 3.8) is 0 Å². The molecule has 0 bridgehead atoms. The molecule has 0 saturated carbocycles. The molecule has 1 nitrogen and oxygen atoms in total. The molecule has 2 aromatic carbocycles. The molecule has 1 aliphatic rings. The first-order chi connectivity index (χ1) is 12.3. The molecule has 0 radical (unpaired) electrons. The SMILES string of the molecule is CCCCCCCc1c(CC)ccc(O)c1C1C=Cc2ccccc21. The highest BCUT2D eigenvalue weighted by atomic mass is 16.3. The number of aryl methyl sites for hydroxylation is 1. The Bertz CT molecular complexity index is 742. The maximum Gasteiger partial charge on any atom is 0.120 e. The highest BCUT2D eigenvalue weighted by Gasteiger charge is 2.25. The third kappa shape index (κ3) is 3.81. The molecule has 1 unspecified atom stereocenters. The van der Waals surface area contributed by atoms with Crippen LogP contribution in [0.3, 0.4) is 0 Å². The van der Waals surface area contributed by atoms with Gasteiger partial charge in [-0.15, -0.1) is 0 Å². The first kappa shape index (κ1) is 17.8. The summed E-state index contributed by atoms with van der Waals surface area (Å²) in [6, 6.07) is 12.6. The molecule has 0 heterocycles. The topological polar surface area (TPSA) is 20.2 Å². The maximum atomic E-state index is 10.7. The fraction of sp³-hybridized carbons (Fsp3) is 0.417. The van der Waals surface area contributed by atoms with Crippen molar-refractivity contribution in [3.8, 4) is 5.75 Å². The van der Waals surface area contributed by atoms with Crippen LogP contribution in [0.2, 0.25) is 0 Å². The summed E-state index contributed by atoms with van der Waals surface area (Å²) in [4.78, 5) is 0. The minimum atomic E-state index is 0.188. The summed E-state index contributed by atoms with van der Waals surface area (Å²) < 4.78 is 0. The standard InChI is InChI=1S/C24H30O/c1-3-5-6-7-8-13-21-18(4-2)15-17-23(25)24(21)22-16-14-19-11-9-10-12-20(19)22/h9-12,14-17,22,25H,3-8,13H2,1-2H3. The predicted molar refractivity (Wildman–Crippen MR) is 107 cm³/mol. The van der Waals surface area contributed by atoms with Crippen LogP contribution in [0.15, 0.2) is 42.5 Å². The highest BCUT2D eigenvalue weighted by molar-refractivity contribution is 5.67. The summed E-state index contributed by atoms with van der Waals surface area (Å²) in [5, 5.41) is 10.7. The molecular formula is C24H30O. The predicted octanol–water partition coefficient (Wildman–Crippen LogP) is 6.63.